The minimum Gasteiger partial charge on any atom is -0.486 e. The van der Waals surface area contributed by atoms with Crippen molar-refractivity contribution in [1.82, 2.24) is 5.01 Å². The van der Waals surface area contributed by atoms with Crippen molar-refractivity contribution in [3.63, 3.8) is 0 Å². The van der Waals surface area contributed by atoms with Crippen molar-refractivity contribution < 1.29 is 32.2 Å². The topological polar surface area (TPSA) is 75.3 Å². The highest BCUT2D eigenvalue weighted by Crippen LogP contribution is 2.39. The van der Waals surface area contributed by atoms with E-state index in [1.165, 1.54) is 17.7 Å². The van der Waals surface area contributed by atoms with Gasteiger partial charge in [-0.25, -0.2) is 0 Å². The molecule has 2 aromatic rings. The first kappa shape index (κ1) is 19.9. The molecule has 2 heterocycles. The first-order valence-corrected chi connectivity index (χ1v) is 8.71. The maximum atomic E-state index is 13.1. The van der Waals surface area contributed by atoms with E-state index >= 15 is 0 Å². The number of hydrazone groups is 1. The molecule has 1 aliphatic heterocycles. The van der Waals surface area contributed by atoms with Crippen LogP contribution in [0.15, 0.2) is 45.9 Å². The summed E-state index contributed by atoms with van der Waals surface area (Å²) < 4.78 is 50.1. The minimum atomic E-state index is -5.05. The van der Waals surface area contributed by atoms with Gasteiger partial charge in [0.05, 0.1) is 0 Å². The summed E-state index contributed by atoms with van der Waals surface area (Å²) in [6.45, 7) is 2.08. The van der Waals surface area contributed by atoms with Crippen molar-refractivity contribution in [3.8, 4) is 5.75 Å². The molecule has 3 rings (SSSR count). The summed E-state index contributed by atoms with van der Waals surface area (Å²) in [4.78, 5) is 12.3. The van der Waals surface area contributed by atoms with Gasteiger partial charge in [-0.3, -0.25) is 4.79 Å². The van der Waals surface area contributed by atoms with E-state index in [1.807, 2.05) is 24.3 Å². The molecule has 0 bridgehead atoms. The molecule has 1 amide bonds. The van der Waals surface area contributed by atoms with E-state index in [0.29, 0.717) is 5.75 Å². The van der Waals surface area contributed by atoms with Crippen molar-refractivity contribution in [2.75, 3.05) is 0 Å². The van der Waals surface area contributed by atoms with Gasteiger partial charge >= 0.3 is 12.1 Å². The zero-order valence-corrected chi connectivity index (χ0v) is 15.1. The maximum absolute atomic E-state index is 13.1. The number of carbonyl (C=O) groups is 1. The van der Waals surface area contributed by atoms with Gasteiger partial charge in [0.1, 0.15) is 18.1 Å². The fourth-order valence-corrected chi connectivity index (χ4v) is 2.76. The molecule has 0 saturated heterocycles. The number of rotatable bonds is 6. The van der Waals surface area contributed by atoms with E-state index in [2.05, 4.69) is 12.0 Å². The highest BCUT2D eigenvalue weighted by molar-refractivity contribution is 5.93. The number of hydrogen-bond donors (Lipinski definition) is 1. The number of amides is 1. The fourth-order valence-electron chi connectivity index (χ4n) is 2.76. The third-order valence-electron chi connectivity index (χ3n) is 4.29. The molecule has 0 fully saturated rings. The zero-order valence-electron chi connectivity index (χ0n) is 15.1. The summed E-state index contributed by atoms with van der Waals surface area (Å²) in [6, 6.07) is 10.1. The van der Waals surface area contributed by atoms with Gasteiger partial charge < -0.3 is 14.3 Å². The average Bonchev–Trinajstić information content (AvgIpc) is 3.28. The van der Waals surface area contributed by atoms with Crippen LogP contribution in [0.2, 0.25) is 0 Å². The van der Waals surface area contributed by atoms with Crippen molar-refractivity contribution >= 4 is 12.1 Å². The number of benzene rings is 1. The van der Waals surface area contributed by atoms with Crippen LogP contribution in [0, 0.1) is 0 Å². The Balaban J connectivity index is 1.65. The Morgan fingerprint density at radius 1 is 1.29 bits per heavy atom. The summed E-state index contributed by atoms with van der Waals surface area (Å²) >= 11 is 0. The lowest BCUT2D eigenvalue weighted by atomic mass is 10.1. The molecule has 0 saturated carbocycles. The number of aliphatic hydroxyl groups is 1. The van der Waals surface area contributed by atoms with Crippen LogP contribution < -0.4 is 4.74 Å². The molecule has 1 aliphatic rings. The lowest BCUT2D eigenvalue weighted by Gasteiger charge is -2.31. The number of ether oxygens (including phenoxy) is 1. The van der Waals surface area contributed by atoms with Crippen molar-refractivity contribution in [1.29, 1.82) is 0 Å². The van der Waals surface area contributed by atoms with Crippen LogP contribution in [0.1, 0.15) is 41.6 Å². The Morgan fingerprint density at radius 3 is 2.64 bits per heavy atom. The SMILES string of the molecule is CCCc1ccc(OCc2ccc(C(=O)N3N=CC[C@@]3(O)C(F)(F)F)o2)cc1. The van der Waals surface area contributed by atoms with Gasteiger partial charge in [-0.15, -0.1) is 0 Å². The monoisotopic (exact) mass is 396 g/mol. The standard InChI is InChI=1S/C19H19F3N2O4/c1-2-3-13-4-6-14(7-5-13)27-12-15-8-9-16(28-15)17(25)24-18(26,10-11-23-24)19(20,21)22/h4-9,11,26H,2-3,10,12H2,1H3/t18-/m1/s1. The molecule has 0 spiro atoms. The molecule has 9 heteroatoms. The van der Waals surface area contributed by atoms with Gasteiger partial charge in [0.25, 0.3) is 5.72 Å². The number of furan rings is 1. The summed E-state index contributed by atoms with van der Waals surface area (Å²) in [5.41, 5.74) is -2.20. The third-order valence-corrected chi connectivity index (χ3v) is 4.29. The van der Waals surface area contributed by atoms with Crippen LogP contribution in [0.25, 0.3) is 0 Å². The summed E-state index contributed by atoms with van der Waals surface area (Å²) in [5.74, 6) is -0.721. The predicted octanol–water partition coefficient (Wildman–Crippen LogP) is 3.89. The molecule has 28 heavy (non-hydrogen) atoms. The van der Waals surface area contributed by atoms with Gasteiger partial charge in [0, 0.05) is 12.6 Å². The summed E-state index contributed by atoms with van der Waals surface area (Å²) in [6.07, 6.45) is -3.06. The van der Waals surface area contributed by atoms with Gasteiger partial charge in [0.15, 0.2) is 5.76 Å². The largest absolute Gasteiger partial charge is 0.486 e. The van der Waals surface area contributed by atoms with E-state index < -0.39 is 24.2 Å². The van der Waals surface area contributed by atoms with Crippen molar-refractivity contribution in [2.24, 2.45) is 5.10 Å². The van der Waals surface area contributed by atoms with Gasteiger partial charge in [-0.2, -0.15) is 23.3 Å². The Labute approximate surface area is 159 Å². The van der Waals surface area contributed by atoms with Crippen LogP contribution in [0.5, 0.6) is 5.75 Å². The lowest BCUT2D eigenvalue weighted by molar-refractivity contribution is -0.297. The van der Waals surface area contributed by atoms with Gasteiger partial charge in [-0.1, -0.05) is 25.5 Å². The molecule has 0 radical (unpaired) electrons. The van der Waals surface area contributed by atoms with Crippen molar-refractivity contribution in [3.05, 3.63) is 53.5 Å². The number of carbonyl (C=O) groups excluding carboxylic acids is 1. The van der Waals surface area contributed by atoms with E-state index in [9.17, 15) is 23.1 Å². The third kappa shape index (κ3) is 3.89. The molecule has 6 nitrogen and oxygen atoms in total. The van der Waals surface area contributed by atoms with Gasteiger partial charge in [-0.05, 0) is 36.2 Å². The summed E-state index contributed by atoms with van der Waals surface area (Å²) in [7, 11) is 0. The normalized spacial score (nSPS) is 19.2. The van der Waals surface area contributed by atoms with E-state index in [4.69, 9.17) is 9.15 Å². The first-order valence-electron chi connectivity index (χ1n) is 8.71. The molecule has 1 N–H and O–H groups in total. The Morgan fingerprint density at radius 2 is 2.00 bits per heavy atom. The van der Waals surface area contributed by atoms with Crippen molar-refractivity contribution in [2.45, 2.75) is 44.7 Å². The van der Waals surface area contributed by atoms with E-state index in [0.717, 1.165) is 19.1 Å². The Hall–Kier alpha value is -2.81. The first-order chi connectivity index (χ1) is 13.2. The van der Waals surface area contributed by atoms with Crippen LogP contribution in [-0.2, 0) is 13.0 Å². The fraction of sp³-hybridized carbons (Fsp3) is 0.368. The second kappa shape index (κ2) is 7.67. The number of hydrogen-bond acceptors (Lipinski definition) is 5. The maximum Gasteiger partial charge on any atom is 0.438 e. The molecule has 1 aromatic carbocycles. The lowest BCUT2D eigenvalue weighted by Crippen LogP contribution is -2.56. The second-order valence-electron chi connectivity index (χ2n) is 6.38. The highest BCUT2D eigenvalue weighted by Gasteiger charge is 2.61. The summed E-state index contributed by atoms with van der Waals surface area (Å²) in [5, 5.41) is 13.2. The Kier molecular flexibility index (Phi) is 5.46. The Bertz CT molecular complexity index is 861. The van der Waals surface area contributed by atoms with E-state index in [1.54, 1.807) is 0 Å². The van der Waals surface area contributed by atoms with Crippen LogP contribution in [0.3, 0.4) is 0 Å². The van der Waals surface area contributed by atoms with Crippen LogP contribution in [-0.4, -0.2) is 34.1 Å². The molecule has 0 aliphatic carbocycles. The second-order valence-corrected chi connectivity index (χ2v) is 6.38. The predicted molar refractivity (Wildman–Crippen MR) is 93.8 cm³/mol. The molecule has 150 valence electrons. The average molecular weight is 396 g/mol. The minimum absolute atomic E-state index is 0.00674. The smallest absolute Gasteiger partial charge is 0.438 e. The molecular weight excluding hydrogens is 377 g/mol. The molecule has 1 aromatic heterocycles. The highest BCUT2D eigenvalue weighted by atomic mass is 19.4. The zero-order chi connectivity index (χ0) is 20.4. The number of alkyl halides is 3. The molecule has 1 atom stereocenters. The van der Waals surface area contributed by atoms with Crippen LogP contribution in [0.4, 0.5) is 13.2 Å². The van der Waals surface area contributed by atoms with E-state index in [-0.39, 0.29) is 23.1 Å². The number of nitrogens with zero attached hydrogens (tertiary/aromatic N) is 2. The molecule has 0 unspecified atom stereocenters. The van der Waals surface area contributed by atoms with Crippen LogP contribution >= 0.6 is 0 Å². The number of aryl methyl sites for hydroxylation is 1. The van der Waals surface area contributed by atoms with Gasteiger partial charge in [0.2, 0.25) is 0 Å². The number of halogens is 3. The molecular formula is C19H19F3N2O4. The quantitative estimate of drug-likeness (QED) is 0.804.